The molecule has 0 radical (unpaired) electrons. The maximum Gasteiger partial charge on any atom is 0.308 e. The summed E-state index contributed by atoms with van der Waals surface area (Å²) in [5, 5.41) is 9.94. The van der Waals surface area contributed by atoms with Crippen molar-refractivity contribution in [2.75, 3.05) is 6.61 Å². The molecule has 28 heavy (non-hydrogen) atoms. The molecule has 0 aromatic heterocycles. The summed E-state index contributed by atoms with van der Waals surface area (Å²) in [4.78, 5) is 24.1. The van der Waals surface area contributed by atoms with Crippen molar-refractivity contribution in [2.45, 2.75) is 71.2 Å². The molecule has 1 fully saturated rings. The van der Waals surface area contributed by atoms with Gasteiger partial charge in [0, 0.05) is 24.5 Å². The third kappa shape index (κ3) is 5.12. The summed E-state index contributed by atoms with van der Waals surface area (Å²) in [6, 6.07) is 3.76. The standard InChI is InChI=1S/C22H28O6/c1-7-17(21-16(24)8-9-26-21)28-19(25)12-22(5,6)20-14(3)10-13(2)11-18(20)27-15(4)23/h1,10-11,16-17,21,24H,8-9,12H2,2-6H3. The molecular weight excluding hydrogens is 360 g/mol. The zero-order valence-corrected chi connectivity index (χ0v) is 17.1. The molecule has 1 aliphatic heterocycles. The minimum absolute atomic E-state index is 0.0200. The molecule has 0 saturated carbocycles. The number of carbonyl (C=O) groups is 2. The summed E-state index contributed by atoms with van der Waals surface area (Å²) < 4.78 is 16.2. The van der Waals surface area contributed by atoms with Crippen LogP contribution in [0.1, 0.15) is 50.3 Å². The lowest BCUT2D eigenvalue weighted by Crippen LogP contribution is -2.38. The van der Waals surface area contributed by atoms with Crippen LogP contribution in [0.4, 0.5) is 0 Å². The molecule has 1 saturated heterocycles. The van der Waals surface area contributed by atoms with Crippen LogP contribution in [-0.4, -0.2) is 42.0 Å². The van der Waals surface area contributed by atoms with E-state index in [4.69, 9.17) is 20.6 Å². The van der Waals surface area contributed by atoms with Gasteiger partial charge in [-0.2, -0.15) is 0 Å². The van der Waals surface area contributed by atoms with Crippen LogP contribution in [0, 0.1) is 26.2 Å². The SMILES string of the molecule is C#CC(OC(=O)CC(C)(C)c1c(C)cc(C)cc1OC(C)=O)C1OCCC1O. The average molecular weight is 388 g/mol. The molecule has 2 rings (SSSR count). The molecule has 6 nitrogen and oxygen atoms in total. The fraction of sp³-hybridized carbons (Fsp3) is 0.545. The maximum atomic E-state index is 12.6. The van der Waals surface area contributed by atoms with E-state index in [0.29, 0.717) is 18.8 Å². The van der Waals surface area contributed by atoms with Gasteiger partial charge in [0.25, 0.3) is 0 Å². The average Bonchev–Trinajstić information content (AvgIpc) is 2.96. The normalized spacial score (nSPS) is 20.3. The second-order valence-electron chi connectivity index (χ2n) is 7.88. The van der Waals surface area contributed by atoms with E-state index in [1.807, 2.05) is 33.8 Å². The Labute approximate surface area is 166 Å². The predicted molar refractivity (Wildman–Crippen MR) is 104 cm³/mol. The highest BCUT2D eigenvalue weighted by Crippen LogP contribution is 2.38. The van der Waals surface area contributed by atoms with Crippen LogP contribution in [0.2, 0.25) is 0 Å². The lowest BCUT2D eigenvalue weighted by atomic mass is 9.78. The van der Waals surface area contributed by atoms with Crippen molar-refractivity contribution in [1.82, 2.24) is 0 Å². The molecule has 0 bridgehead atoms. The molecule has 1 N–H and O–H groups in total. The molecule has 0 amide bonds. The Morgan fingerprint density at radius 2 is 2.07 bits per heavy atom. The summed E-state index contributed by atoms with van der Waals surface area (Å²) in [7, 11) is 0. The van der Waals surface area contributed by atoms with E-state index in [0.717, 1.165) is 16.7 Å². The Morgan fingerprint density at radius 1 is 1.39 bits per heavy atom. The fourth-order valence-electron chi connectivity index (χ4n) is 3.75. The largest absolute Gasteiger partial charge is 0.446 e. The molecule has 1 aromatic rings. The second kappa shape index (κ2) is 8.76. The number of hydrogen-bond donors (Lipinski definition) is 1. The summed E-state index contributed by atoms with van der Waals surface area (Å²) >= 11 is 0. The maximum absolute atomic E-state index is 12.6. The number of benzene rings is 1. The lowest BCUT2D eigenvalue weighted by molar-refractivity contribution is -0.154. The fourth-order valence-corrected chi connectivity index (χ4v) is 3.75. The van der Waals surface area contributed by atoms with E-state index in [1.165, 1.54) is 6.92 Å². The Kier molecular flexibility index (Phi) is 6.87. The second-order valence-corrected chi connectivity index (χ2v) is 7.88. The molecule has 0 aliphatic carbocycles. The van der Waals surface area contributed by atoms with Gasteiger partial charge in [-0.25, -0.2) is 0 Å². The van der Waals surface area contributed by atoms with Crippen LogP contribution in [0.15, 0.2) is 12.1 Å². The number of hydrogen-bond acceptors (Lipinski definition) is 6. The molecule has 1 heterocycles. The smallest absolute Gasteiger partial charge is 0.308 e. The van der Waals surface area contributed by atoms with Gasteiger partial charge < -0.3 is 19.3 Å². The first-order chi connectivity index (χ1) is 13.0. The van der Waals surface area contributed by atoms with Crippen molar-refractivity contribution in [3.63, 3.8) is 0 Å². The molecule has 3 atom stereocenters. The number of terminal acetylenes is 1. The van der Waals surface area contributed by atoms with E-state index in [2.05, 4.69) is 5.92 Å². The zero-order chi connectivity index (χ0) is 21.1. The Bertz CT molecular complexity index is 789. The van der Waals surface area contributed by atoms with Crippen LogP contribution in [-0.2, 0) is 24.5 Å². The van der Waals surface area contributed by atoms with Crippen LogP contribution >= 0.6 is 0 Å². The molecule has 6 heteroatoms. The van der Waals surface area contributed by atoms with Crippen LogP contribution in [0.25, 0.3) is 0 Å². The predicted octanol–water partition coefficient (Wildman–Crippen LogP) is 2.59. The molecule has 3 unspecified atom stereocenters. The van der Waals surface area contributed by atoms with Crippen molar-refractivity contribution >= 4 is 11.9 Å². The number of aliphatic hydroxyl groups is 1. The first-order valence-corrected chi connectivity index (χ1v) is 9.30. The first kappa shape index (κ1) is 21.9. The van der Waals surface area contributed by atoms with E-state index < -0.39 is 35.7 Å². The third-order valence-corrected chi connectivity index (χ3v) is 4.78. The van der Waals surface area contributed by atoms with Crippen molar-refractivity contribution in [1.29, 1.82) is 0 Å². The van der Waals surface area contributed by atoms with Gasteiger partial charge >= 0.3 is 11.9 Å². The summed E-state index contributed by atoms with van der Waals surface area (Å²) in [6.07, 6.45) is 3.54. The minimum Gasteiger partial charge on any atom is -0.446 e. The summed E-state index contributed by atoms with van der Waals surface area (Å²) in [5.74, 6) is 1.89. The number of aliphatic hydroxyl groups excluding tert-OH is 1. The van der Waals surface area contributed by atoms with Crippen molar-refractivity contribution in [3.05, 3.63) is 28.8 Å². The Balaban J connectivity index is 2.22. The summed E-state index contributed by atoms with van der Waals surface area (Å²) in [6.45, 7) is 9.30. The number of carbonyl (C=O) groups excluding carboxylic acids is 2. The molecule has 1 aromatic carbocycles. The van der Waals surface area contributed by atoms with Crippen molar-refractivity contribution in [3.8, 4) is 18.1 Å². The highest BCUT2D eigenvalue weighted by molar-refractivity contribution is 5.74. The molecule has 152 valence electrons. The van der Waals surface area contributed by atoms with Gasteiger partial charge in [0.1, 0.15) is 11.9 Å². The van der Waals surface area contributed by atoms with E-state index in [1.54, 1.807) is 6.07 Å². The number of ether oxygens (including phenoxy) is 3. The summed E-state index contributed by atoms with van der Waals surface area (Å²) in [5.41, 5.74) is 1.96. The quantitative estimate of drug-likeness (QED) is 0.458. The van der Waals surface area contributed by atoms with Gasteiger partial charge in [-0.1, -0.05) is 25.8 Å². The number of rotatable bonds is 6. The van der Waals surface area contributed by atoms with Gasteiger partial charge in [0.05, 0.1) is 12.5 Å². The van der Waals surface area contributed by atoms with Crippen molar-refractivity contribution < 1.29 is 28.9 Å². The van der Waals surface area contributed by atoms with Crippen LogP contribution in [0.3, 0.4) is 0 Å². The highest BCUT2D eigenvalue weighted by atomic mass is 16.6. The number of aryl methyl sites for hydroxylation is 2. The lowest BCUT2D eigenvalue weighted by Gasteiger charge is -2.29. The van der Waals surface area contributed by atoms with Crippen LogP contribution in [0.5, 0.6) is 5.75 Å². The van der Waals surface area contributed by atoms with E-state index >= 15 is 0 Å². The first-order valence-electron chi connectivity index (χ1n) is 9.30. The monoisotopic (exact) mass is 388 g/mol. The highest BCUT2D eigenvalue weighted by Gasteiger charge is 2.37. The zero-order valence-electron chi connectivity index (χ0n) is 17.1. The van der Waals surface area contributed by atoms with E-state index in [-0.39, 0.29) is 6.42 Å². The van der Waals surface area contributed by atoms with Crippen LogP contribution < -0.4 is 4.74 Å². The van der Waals surface area contributed by atoms with Gasteiger partial charge in [0.2, 0.25) is 0 Å². The van der Waals surface area contributed by atoms with Gasteiger partial charge in [-0.3, -0.25) is 9.59 Å². The third-order valence-electron chi connectivity index (χ3n) is 4.78. The van der Waals surface area contributed by atoms with Gasteiger partial charge in [0.15, 0.2) is 6.10 Å². The Hall–Kier alpha value is -2.36. The minimum atomic E-state index is -0.951. The van der Waals surface area contributed by atoms with Gasteiger partial charge in [-0.15, -0.1) is 6.42 Å². The molecular formula is C22H28O6. The molecule has 0 spiro atoms. The van der Waals surface area contributed by atoms with E-state index in [9.17, 15) is 14.7 Å². The number of esters is 2. The molecule has 1 aliphatic rings. The topological polar surface area (TPSA) is 82.1 Å². The van der Waals surface area contributed by atoms with Crippen molar-refractivity contribution in [2.24, 2.45) is 0 Å². The van der Waals surface area contributed by atoms with Gasteiger partial charge in [-0.05, 0) is 37.5 Å². The Morgan fingerprint density at radius 3 is 2.61 bits per heavy atom.